The molecule has 26 heavy (non-hydrogen) atoms. The average Bonchev–Trinajstić information content (AvgIpc) is 3.38. The van der Waals surface area contributed by atoms with E-state index >= 15 is 0 Å². The lowest BCUT2D eigenvalue weighted by Crippen LogP contribution is -2.27. The van der Waals surface area contributed by atoms with Crippen molar-refractivity contribution in [1.82, 2.24) is 14.9 Å². The van der Waals surface area contributed by atoms with Crippen molar-refractivity contribution in [2.24, 2.45) is 0 Å². The number of nitrogens with zero attached hydrogens (tertiary/aromatic N) is 2. The summed E-state index contributed by atoms with van der Waals surface area (Å²) in [5.41, 5.74) is 3.20. The molecule has 1 aromatic carbocycles. The first-order chi connectivity index (χ1) is 12.7. The highest BCUT2D eigenvalue weighted by Crippen LogP contribution is 2.24. The SMILES string of the molecule is CCc1ccccc1NC(=O)c1nc(C(=O)NC2CC2)c2n1CCCC2. The number of imidazole rings is 1. The smallest absolute Gasteiger partial charge is 0.291 e. The third-order valence-corrected chi connectivity index (χ3v) is 5.10. The van der Waals surface area contributed by atoms with E-state index in [1.807, 2.05) is 28.8 Å². The number of hydrogen-bond acceptors (Lipinski definition) is 3. The second kappa shape index (κ2) is 6.94. The minimum atomic E-state index is -0.250. The normalized spacial score (nSPS) is 16.0. The van der Waals surface area contributed by atoms with E-state index in [0.29, 0.717) is 11.5 Å². The Balaban J connectivity index is 1.63. The number of hydrogen-bond donors (Lipinski definition) is 2. The Bertz CT molecular complexity index is 851. The molecule has 0 saturated heterocycles. The molecule has 6 heteroatoms. The average molecular weight is 352 g/mol. The van der Waals surface area contributed by atoms with Crippen LogP contribution in [0.3, 0.4) is 0 Å². The molecule has 1 aliphatic heterocycles. The Morgan fingerprint density at radius 3 is 2.77 bits per heavy atom. The van der Waals surface area contributed by atoms with E-state index in [1.165, 1.54) is 0 Å². The molecule has 0 bridgehead atoms. The third-order valence-electron chi connectivity index (χ3n) is 5.10. The van der Waals surface area contributed by atoms with Crippen LogP contribution in [0.1, 0.15) is 65.0 Å². The van der Waals surface area contributed by atoms with Crippen LogP contribution in [0.15, 0.2) is 24.3 Å². The highest BCUT2D eigenvalue weighted by atomic mass is 16.2. The first-order valence-corrected chi connectivity index (χ1v) is 9.47. The number of nitrogens with one attached hydrogen (secondary N) is 2. The molecular formula is C20H24N4O2. The number of rotatable bonds is 5. The Morgan fingerprint density at radius 1 is 1.19 bits per heavy atom. The van der Waals surface area contributed by atoms with Gasteiger partial charge in [0.2, 0.25) is 0 Å². The van der Waals surface area contributed by atoms with Gasteiger partial charge in [0, 0.05) is 18.3 Å². The first-order valence-electron chi connectivity index (χ1n) is 9.47. The summed E-state index contributed by atoms with van der Waals surface area (Å²) in [6, 6.07) is 8.05. The lowest BCUT2D eigenvalue weighted by Gasteiger charge is -2.17. The maximum absolute atomic E-state index is 12.9. The molecule has 1 aliphatic carbocycles. The standard InChI is InChI=1S/C20H24N4O2/c1-2-13-7-3-4-8-15(13)22-20(26)18-23-17(19(25)21-14-10-11-14)16-9-5-6-12-24(16)18/h3-4,7-8,14H,2,5-6,9-12H2,1H3,(H,21,25)(H,22,26). The van der Waals surface area contributed by atoms with Gasteiger partial charge >= 0.3 is 0 Å². The lowest BCUT2D eigenvalue weighted by molar-refractivity contribution is 0.0945. The van der Waals surface area contributed by atoms with Gasteiger partial charge in [-0.05, 0) is 50.2 Å². The highest BCUT2D eigenvalue weighted by molar-refractivity contribution is 6.04. The largest absolute Gasteiger partial charge is 0.348 e. The van der Waals surface area contributed by atoms with Crippen LogP contribution in [0.4, 0.5) is 5.69 Å². The number of anilines is 1. The number of carbonyl (C=O) groups excluding carboxylic acids is 2. The summed E-state index contributed by atoms with van der Waals surface area (Å²) < 4.78 is 1.93. The predicted octanol–water partition coefficient (Wildman–Crippen LogP) is 2.93. The summed E-state index contributed by atoms with van der Waals surface area (Å²) in [4.78, 5) is 29.9. The van der Waals surface area contributed by atoms with Crippen molar-refractivity contribution < 1.29 is 9.59 Å². The summed E-state index contributed by atoms with van der Waals surface area (Å²) in [6.07, 6.45) is 5.71. The van der Waals surface area contributed by atoms with E-state index in [1.54, 1.807) is 0 Å². The second-order valence-corrected chi connectivity index (χ2v) is 7.05. The van der Waals surface area contributed by atoms with Crippen molar-refractivity contribution in [2.45, 2.75) is 58.0 Å². The van der Waals surface area contributed by atoms with Crippen LogP contribution in [0.2, 0.25) is 0 Å². The van der Waals surface area contributed by atoms with Crippen molar-refractivity contribution in [2.75, 3.05) is 5.32 Å². The number of para-hydroxylation sites is 1. The molecule has 2 aromatic rings. The Labute approximate surface area is 153 Å². The second-order valence-electron chi connectivity index (χ2n) is 7.05. The summed E-state index contributed by atoms with van der Waals surface area (Å²) in [7, 11) is 0. The Morgan fingerprint density at radius 2 is 2.00 bits per heavy atom. The first kappa shape index (κ1) is 16.8. The highest BCUT2D eigenvalue weighted by Gasteiger charge is 2.30. The molecule has 1 fully saturated rings. The van der Waals surface area contributed by atoms with Gasteiger partial charge in [-0.15, -0.1) is 0 Å². The number of fused-ring (bicyclic) bond motifs is 1. The molecule has 0 atom stereocenters. The van der Waals surface area contributed by atoms with E-state index in [-0.39, 0.29) is 17.9 Å². The Hall–Kier alpha value is -2.63. The molecule has 2 N–H and O–H groups in total. The van der Waals surface area contributed by atoms with E-state index in [0.717, 1.165) is 62.0 Å². The van der Waals surface area contributed by atoms with E-state index in [4.69, 9.17) is 0 Å². The number of carbonyl (C=O) groups is 2. The number of aromatic nitrogens is 2. The van der Waals surface area contributed by atoms with E-state index < -0.39 is 0 Å². The predicted molar refractivity (Wildman–Crippen MR) is 99.4 cm³/mol. The minimum Gasteiger partial charge on any atom is -0.348 e. The summed E-state index contributed by atoms with van der Waals surface area (Å²) in [6.45, 7) is 2.79. The topological polar surface area (TPSA) is 76.0 Å². The zero-order valence-corrected chi connectivity index (χ0v) is 15.0. The van der Waals surface area contributed by atoms with Crippen molar-refractivity contribution in [1.29, 1.82) is 0 Å². The molecule has 0 spiro atoms. The van der Waals surface area contributed by atoms with Crippen LogP contribution >= 0.6 is 0 Å². The van der Waals surface area contributed by atoms with Crippen LogP contribution < -0.4 is 10.6 Å². The zero-order chi connectivity index (χ0) is 18.1. The maximum atomic E-state index is 12.9. The molecular weight excluding hydrogens is 328 g/mol. The minimum absolute atomic E-state index is 0.147. The van der Waals surface area contributed by atoms with Gasteiger partial charge < -0.3 is 15.2 Å². The molecule has 4 rings (SSSR count). The fraction of sp³-hybridized carbons (Fsp3) is 0.450. The van der Waals surface area contributed by atoms with Gasteiger partial charge in [0.15, 0.2) is 5.82 Å². The quantitative estimate of drug-likeness (QED) is 0.869. The fourth-order valence-corrected chi connectivity index (χ4v) is 3.51. The molecule has 6 nitrogen and oxygen atoms in total. The maximum Gasteiger partial charge on any atom is 0.291 e. The lowest BCUT2D eigenvalue weighted by atomic mass is 10.1. The number of aryl methyl sites for hydroxylation is 1. The van der Waals surface area contributed by atoms with Crippen LogP contribution in [0.5, 0.6) is 0 Å². The Kier molecular flexibility index (Phi) is 4.49. The third kappa shape index (κ3) is 3.23. The van der Waals surface area contributed by atoms with Gasteiger partial charge in [-0.3, -0.25) is 9.59 Å². The number of benzene rings is 1. The van der Waals surface area contributed by atoms with Gasteiger partial charge in [-0.2, -0.15) is 0 Å². The van der Waals surface area contributed by atoms with Crippen LogP contribution in [-0.4, -0.2) is 27.4 Å². The zero-order valence-electron chi connectivity index (χ0n) is 15.0. The van der Waals surface area contributed by atoms with Crippen molar-refractivity contribution in [3.8, 4) is 0 Å². The van der Waals surface area contributed by atoms with Crippen molar-refractivity contribution in [3.63, 3.8) is 0 Å². The fourth-order valence-electron chi connectivity index (χ4n) is 3.51. The summed E-state index contributed by atoms with van der Waals surface area (Å²) >= 11 is 0. The molecule has 2 aliphatic rings. The monoisotopic (exact) mass is 352 g/mol. The molecule has 2 heterocycles. The molecule has 1 aromatic heterocycles. The van der Waals surface area contributed by atoms with Gasteiger partial charge in [0.1, 0.15) is 5.69 Å². The number of amides is 2. The van der Waals surface area contributed by atoms with E-state index in [9.17, 15) is 9.59 Å². The van der Waals surface area contributed by atoms with Crippen molar-refractivity contribution in [3.05, 3.63) is 47.0 Å². The molecule has 1 saturated carbocycles. The molecule has 0 radical (unpaired) electrons. The van der Waals surface area contributed by atoms with Crippen molar-refractivity contribution >= 4 is 17.5 Å². The van der Waals surface area contributed by atoms with E-state index in [2.05, 4.69) is 22.5 Å². The van der Waals surface area contributed by atoms with Gasteiger partial charge in [0.25, 0.3) is 11.8 Å². The van der Waals surface area contributed by atoms with Gasteiger partial charge in [0.05, 0.1) is 5.69 Å². The van der Waals surface area contributed by atoms with Crippen LogP contribution in [0.25, 0.3) is 0 Å². The van der Waals surface area contributed by atoms with Gasteiger partial charge in [-0.25, -0.2) is 4.98 Å². The molecule has 0 unspecified atom stereocenters. The van der Waals surface area contributed by atoms with Crippen LogP contribution in [-0.2, 0) is 19.4 Å². The summed E-state index contributed by atoms with van der Waals surface area (Å²) in [5, 5.41) is 5.97. The summed E-state index contributed by atoms with van der Waals surface area (Å²) in [5.74, 6) is -0.0581. The van der Waals surface area contributed by atoms with Crippen LogP contribution in [0, 0.1) is 0 Å². The molecule has 136 valence electrons. The molecule has 2 amide bonds. The van der Waals surface area contributed by atoms with Gasteiger partial charge in [-0.1, -0.05) is 25.1 Å².